The van der Waals surface area contributed by atoms with Crippen molar-refractivity contribution in [3.05, 3.63) is 29.4 Å². The molecule has 2 N–H and O–H groups in total. The second-order valence-electron chi connectivity index (χ2n) is 4.96. The molecule has 0 aliphatic rings. The van der Waals surface area contributed by atoms with E-state index >= 15 is 0 Å². The van der Waals surface area contributed by atoms with Gasteiger partial charge in [-0.1, -0.05) is 19.9 Å². The fourth-order valence-electron chi connectivity index (χ4n) is 2.31. The van der Waals surface area contributed by atoms with Gasteiger partial charge < -0.3 is 10.3 Å². The van der Waals surface area contributed by atoms with Crippen molar-refractivity contribution >= 4 is 27.5 Å². The number of nitrogen functional groups attached to an aromatic ring is 1. The van der Waals surface area contributed by atoms with Gasteiger partial charge in [-0.2, -0.15) is 0 Å². The lowest BCUT2D eigenvalue weighted by Gasteiger charge is -2.04. The third-order valence-electron chi connectivity index (χ3n) is 3.25. The van der Waals surface area contributed by atoms with E-state index in [1.54, 1.807) is 0 Å². The van der Waals surface area contributed by atoms with Crippen molar-refractivity contribution in [2.45, 2.75) is 19.8 Å². The molecule has 19 heavy (non-hydrogen) atoms. The molecule has 0 saturated heterocycles. The molecule has 3 rings (SSSR count). The summed E-state index contributed by atoms with van der Waals surface area (Å²) in [5.74, 6) is 1.51. The van der Waals surface area contributed by atoms with E-state index in [4.69, 9.17) is 10.7 Å². The van der Waals surface area contributed by atoms with Crippen molar-refractivity contribution in [2.24, 2.45) is 7.05 Å². The van der Waals surface area contributed by atoms with E-state index < -0.39 is 0 Å². The second-order valence-corrected chi connectivity index (χ2v) is 5.85. The lowest BCUT2D eigenvalue weighted by Crippen LogP contribution is -1.99. The Morgan fingerprint density at radius 2 is 2.05 bits per heavy atom. The maximum atomic E-state index is 5.68. The Morgan fingerprint density at radius 3 is 2.68 bits per heavy atom. The van der Waals surface area contributed by atoms with Gasteiger partial charge in [-0.15, -0.1) is 11.3 Å². The van der Waals surface area contributed by atoms with E-state index in [0.29, 0.717) is 11.0 Å². The Bertz CT molecular complexity index is 739. The summed E-state index contributed by atoms with van der Waals surface area (Å²) in [6.45, 7) is 4.31. The van der Waals surface area contributed by atoms with Crippen molar-refractivity contribution in [3.8, 4) is 11.3 Å². The molecule has 0 saturated carbocycles. The highest BCUT2D eigenvalue weighted by molar-refractivity contribution is 7.13. The lowest BCUT2D eigenvalue weighted by atomic mass is 10.1. The van der Waals surface area contributed by atoms with Crippen LogP contribution in [-0.4, -0.2) is 14.5 Å². The number of rotatable bonds is 2. The molecule has 2 aromatic heterocycles. The molecule has 98 valence electrons. The van der Waals surface area contributed by atoms with Crippen LogP contribution in [0.5, 0.6) is 0 Å². The molecule has 4 nitrogen and oxygen atoms in total. The summed E-state index contributed by atoms with van der Waals surface area (Å²) in [6, 6.07) is 6.25. The topological polar surface area (TPSA) is 56.7 Å². The van der Waals surface area contributed by atoms with Crippen LogP contribution in [-0.2, 0) is 7.05 Å². The maximum Gasteiger partial charge on any atom is 0.180 e. The van der Waals surface area contributed by atoms with Crippen molar-refractivity contribution in [1.82, 2.24) is 14.5 Å². The first-order chi connectivity index (χ1) is 9.06. The number of thiazole rings is 1. The van der Waals surface area contributed by atoms with Gasteiger partial charge in [-0.05, 0) is 12.1 Å². The van der Waals surface area contributed by atoms with Crippen LogP contribution in [0.15, 0.2) is 23.6 Å². The van der Waals surface area contributed by atoms with Gasteiger partial charge >= 0.3 is 0 Å². The zero-order valence-corrected chi connectivity index (χ0v) is 12.0. The van der Waals surface area contributed by atoms with E-state index in [9.17, 15) is 0 Å². The first kappa shape index (κ1) is 12.2. The molecule has 2 heterocycles. The number of aryl methyl sites for hydroxylation is 1. The molecular weight excluding hydrogens is 256 g/mol. The Morgan fingerprint density at radius 1 is 1.26 bits per heavy atom. The minimum Gasteiger partial charge on any atom is -0.375 e. The summed E-state index contributed by atoms with van der Waals surface area (Å²) >= 11 is 1.46. The molecule has 5 heteroatoms. The Labute approximate surface area is 115 Å². The summed E-state index contributed by atoms with van der Waals surface area (Å²) in [6.07, 6.45) is 0. The molecule has 0 atom stereocenters. The van der Waals surface area contributed by atoms with Crippen LogP contribution in [0.4, 0.5) is 5.13 Å². The predicted octanol–water partition coefficient (Wildman–Crippen LogP) is 3.40. The Balaban J connectivity index is 2.16. The van der Waals surface area contributed by atoms with Crippen molar-refractivity contribution in [1.29, 1.82) is 0 Å². The van der Waals surface area contributed by atoms with Gasteiger partial charge in [-0.3, -0.25) is 0 Å². The van der Waals surface area contributed by atoms with Gasteiger partial charge in [0, 0.05) is 23.9 Å². The molecule has 0 aliphatic heterocycles. The molecule has 0 unspecified atom stereocenters. The number of benzene rings is 1. The first-order valence-electron chi connectivity index (χ1n) is 6.24. The van der Waals surface area contributed by atoms with Gasteiger partial charge in [0.05, 0.1) is 16.7 Å². The SMILES string of the molecule is CC(C)c1nc2cc(-c3csc(N)n3)ccc2n1C. The van der Waals surface area contributed by atoms with Gasteiger partial charge in [0.2, 0.25) is 0 Å². The number of nitrogens with zero attached hydrogens (tertiary/aromatic N) is 3. The smallest absolute Gasteiger partial charge is 0.180 e. The number of nitrogens with two attached hydrogens (primary N) is 1. The lowest BCUT2D eigenvalue weighted by molar-refractivity contribution is 0.722. The van der Waals surface area contributed by atoms with Crippen LogP contribution < -0.4 is 5.73 Å². The number of hydrogen-bond acceptors (Lipinski definition) is 4. The van der Waals surface area contributed by atoms with Crippen LogP contribution in [0.25, 0.3) is 22.3 Å². The van der Waals surface area contributed by atoms with Crippen LogP contribution >= 0.6 is 11.3 Å². The molecular formula is C14H16N4S. The third-order valence-corrected chi connectivity index (χ3v) is 3.92. The zero-order valence-electron chi connectivity index (χ0n) is 11.2. The van der Waals surface area contributed by atoms with E-state index in [1.807, 2.05) is 5.38 Å². The van der Waals surface area contributed by atoms with Gasteiger partial charge in [0.25, 0.3) is 0 Å². The highest BCUT2D eigenvalue weighted by Crippen LogP contribution is 2.27. The largest absolute Gasteiger partial charge is 0.375 e. The normalized spacial score (nSPS) is 11.6. The van der Waals surface area contributed by atoms with E-state index in [1.165, 1.54) is 11.3 Å². The number of aromatic nitrogens is 3. The minimum absolute atomic E-state index is 0.413. The summed E-state index contributed by atoms with van der Waals surface area (Å²) < 4.78 is 2.15. The molecule has 3 aromatic rings. The molecule has 0 aliphatic carbocycles. The standard InChI is InChI=1S/C14H16N4S/c1-8(2)13-16-10-6-9(4-5-12(10)18(13)3)11-7-19-14(15)17-11/h4-8H,1-3H3,(H2,15,17). The van der Waals surface area contributed by atoms with Crippen LogP contribution in [0.2, 0.25) is 0 Å². The number of fused-ring (bicyclic) bond motifs is 1. The first-order valence-corrected chi connectivity index (χ1v) is 7.12. The zero-order chi connectivity index (χ0) is 13.6. The summed E-state index contributed by atoms with van der Waals surface area (Å²) in [5.41, 5.74) is 9.82. The highest BCUT2D eigenvalue weighted by atomic mass is 32.1. The molecule has 0 spiro atoms. The molecule has 0 fully saturated rings. The summed E-state index contributed by atoms with van der Waals surface area (Å²) in [4.78, 5) is 9.03. The monoisotopic (exact) mass is 272 g/mol. The molecule has 0 radical (unpaired) electrons. The minimum atomic E-state index is 0.413. The predicted molar refractivity (Wildman–Crippen MR) is 80.3 cm³/mol. The number of imidazole rings is 1. The Kier molecular flexibility index (Phi) is 2.78. The number of anilines is 1. The fourth-order valence-corrected chi connectivity index (χ4v) is 2.89. The van der Waals surface area contributed by atoms with Gasteiger partial charge in [0.15, 0.2) is 5.13 Å². The fraction of sp³-hybridized carbons (Fsp3) is 0.286. The second kappa shape index (κ2) is 4.35. The molecule has 1 aromatic carbocycles. The van der Waals surface area contributed by atoms with Crippen molar-refractivity contribution in [2.75, 3.05) is 5.73 Å². The van der Waals surface area contributed by atoms with Gasteiger partial charge in [-0.25, -0.2) is 9.97 Å². The van der Waals surface area contributed by atoms with E-state index in [2.05, 4.69) is 48.6 Å². The molecule has 0 amide bonds. The van der Waals surface area contributed by atoms with Crippen LogP contribution in [0, 0.1) is 0 Å². The van der Waals surface area contributed by atoms with Crippen molar-refractivity contribution in [3.63, 3.8) is 0 Å². The molecule has 0 bridgehead atoms. The Hall–Kier alpha value is -1.88. The maximum absolute atomic E-state index is 5.68. The quantitative estimate of drug-likeness (QED) is 0.778. The average molecular weight is 272 g/mol. The highest BCUT2D eigenvalue weighted by Gasteiger charge is 2.12. The van der Waals surface area contributed by atoms with Crippen molar-refractivity contribution < 1.29 is 0 Å². The van der Waals surface area contributed by atoms with Crippen LogP contribution in [0.1, 0.15) is 25.6 Å². The number of hydrogen-bond donors (Lipinski definition) is 1. The summed E-state index contributed by atoms with van der Waals surface area (Å²) in [5, 5.41) is 2.57. The van der Waals surface area contributed by atoms with E-state index in [0.717, 1.165) is 28.1 Å². The average Bonchev–Trinajstić information content (AvgIpc) is 2.94. The summed E-state index contributed by atoms with van der Waals surface area (Å²) in [7, 11) is 2.06. The van der Waals surface area contributed by atoms with Crippen LogP contribution in [0.3, 0.4) is 0 Å². The van der Waals surface area contributed by atoms with Gasteiger partial charge in [0.1, 0.15) is 5.82 Å². The third kappa shape index (κ3) is 2.00. The van der Waals surface area contributed by atoms with E-state index in [-0.39, 0.29) is 0 Å².